The van der Waals surface area contributed by atoms with E-state index in [1.807, 2.05) is 54.6 Å². The Kier molecular flexibility index (Phi) is 7.27. The molecule has 0 aliphatic carbocycles. The SMILES string of the molecule is Cc1cccc(C)c1N(CC(=O)N/N=C\c1cccc(Oc2ccccc2)c1)S(C)(=O)=O. The fraction of sp³-hybridized carbons (Fsp3) is 0.167. The van der Waals surface area contributed by atoms with E-state index in [4.69, 9.17) is 4.74 Å². The van der Waals surface area contributed by atoms with Gasteiger partial charge < -0.3 is 4.74 Å². The van der Waals surface area contributed by atoms with Crippen LogP contribution in [0.3, 0.4) is 0 Å². The molecule has 166 valence electrons. The van der Waals surface area contributed by atoms with Crippen LogP contribution in [-0.4, -0.2) is 33.3 Å². The number of aryl methyl sites for hydroxylation is 2. The molecule has 3 rings (SSSR count). The number of hydrogen-bond donors (Lipinski definition) is 1. The molecular weight excluding hydrogens is 426 g/mol. The molecule has 0 aliphatic rings. The van der Waals surface area contributed by atoms with Crippen molar-refractivity contribution in [2.75, 3.05) is 17.1 Å². The summed E-state index contributed by atoms with van der Waals surface area (Å²) in [7, 11) is -3.67. The maximum absolute atomic E-state index is 12.4. The molecule has 0 heterocycles. The van der Waals surface area contributed by atoms with Crippen molar-refractivity contribution in [2.24, 2.45) is 5.10 Å². The van der Waals surface area contributed by atoms with Crippen LogP contribution >= 0.6 is 0 Å². The first kappa shape index (κ1) is 23.0. The molecule has 0 saturated heterocycles. The Morgan fingerprint density at radius 1 is 0.969 bits per heavy atom. The summed E-state index contributed by atoms with van der Waals surface area (Å²) in [6.07, 6.45) is 2.55. The van der Waals surface area contributed by atoms with Crippen LogP contribution in [0, 0.1) is 13.8 Å². The first-order valence-corrected chi connectivity index (χ1v) is 11.8. The maximum atomic E-state index is 12.4. The van der Waals surface area contributed by atoms with E-state index in [2.05, 4.69) is 10.5 Å². The summed E-state index contributed by atoms with van der Waals surface area (Å²) in [5, 5.41) is 3.96. The zero-order chi connectivity index (χ0) is 23.1. The molecule has 0 unspecified atom stereocenters. The van der Waals surface area contributed by atoms with E-state index in [1.54, 1.807) is 32.0 Å². The number of nitrogens with zero attached hydrogens (tertiary/aromatic N) is 2. The highest BCUT2D eigenvalue weighted by Crippen LogP contribution is 2.26. The lowest BCUT2D eigenvalue weighted by molar-refractivity contribution is -0.119. The molecule has 0 saturated carbocycles. The molecule has 1 N–H and O–H groups in total. The predicted octanol–water partition coefficient (Wildman–Crippen LogP) is 4.01. The van der Waals surface area contributed by atoms with Gasteiger partial charge in [0, 0.05) is 0 Å². The van der Waals surface area contributed by atoms with Crippen molar-refractivity contribution in [3.63, 3.8) is 0 Å². The van der Waals surface area contributed by atoms with Crippen molar-refractivity contribution >= 4 is 27.8 Å². The minimum absolute atomic E-state index is 0.376. The Labute approximate surface area is 188 Å². The molecule has 0 aromatic heterocycles. The highest BCUT2D eigenvalue weighted by atomic mass is 32.2. The quantitative estimate of drug-likeness (QED) is 0.414. The molecule has 0 bridgehead atoms. The van der Waals surface area contributed by atoms with E-state index in [9.17, 15) is 13.2 Å². The number of anilines is 1. The number of amides is 1. The number of hydrazone groups is 1. The molecule has 0 spiro atoms. The average Bonchev–Trinajstić information content (AvgIpc) is 2.73. The zero-order valence-electron chi connectivity index (χ0n) is 18.1. The second-order valence-corrected chi connectivity index (χ2v) is 9.20. The Bertz CT molecular complexity index is 1200. The zero-order valence-corrected chi connectivity index (χ0v) is 19.0. The van der Waals surface area contributed by atoms with Gasteiger partial charge in [-0.25, -0.2) is 13.8 Å². The molecule has 0 aliphatic heterocycles. The van der Waals surface area contributed by atoms with Crippen LogP contribution in [0.25, 0.3) is 0 Å². The number of sulfonamides is 1. The van der Waals surface area contributed by atoms with E-state index < -0.39 is 15.9 Å². The van der Waals surface area contributed by atoms with Crippen molar-refractivity contribution in [1.29, 1.82) is 0 Å². The fourth-order valence-corrected chi connectivity index (χ4v) is 4.16. The van der Waals surface area contributed by atoms with Crippen LogP contribution < -0.4 is 14.5 Å². The van der Waals surface area contributed by atoms with Crippen LogP contribution in [0.1, 0.15) is 16.7 Å². The van der Waals surface area contributed by atoms with Gasteiger partial charge in [-0.1, -0.05) is 48.5 Å². The second-order valence-electron chi connectivity index (χ2n) is 7.29. The third kappa shape index (κ3) is 6.18. The van der Waals surface area contributed by atoms with Crippen molar-refractivity contribution in [3.05, 3.63) is 89.5 Å². The van der Waals surface area contributed by atoms with Gasteiger partial charge in [0.1, 0.15) is 18.0 Å². The van der Waals surface area contributed by atoms with Crippen molar-refractivity contribution in [1.82, 2.24) is 5.43 Å². The predicted molar refractivity (Wildman–Crippen MR) is 127 cm³/mol. The molecular formula is C24H25N3O4S. The summed E-state index contributed by atoms with van der Waals surface area (Å²) in [5.41, 5.74) is 5.14. The molecule has 3 aromatic carbocycles. The molecule has 0 fully saturated rings. The number of benzene rings is 3. The Morgan fingerprint density at radius 2 is 1.59 bits per heavy atom. The fourth-order valence-electron chi connectivity index (χ4n) is 3.19. The molecule has 0 radical (unpaired) electrons. The first-order chi connectivity index (χ1) is 15.2. The monoisotopic (exact) mass is 451 g/mol. The normalized spacial score (nSPS) is 11.3. The van der Waals surface area contributed by atoms with Crippen LogP contribution in [0.2, 0.25) is 0 Å². The number of hydrogen-bond acceptors (Lipinski definition) is 5. The molecule has 7 nitrogen and oxygen atoms in total. The summed E-state index contributed by atoms with van der Waals surface area (Å²) in [4.78, 5) is 12.4. The number of carbonyl (C=O) groups is 1. The second kappa shape index (κ2) is 10.1. The van der Waals surface area contributed by atoms with Gasteiger partial charge in [-0.15, -0.1) is 0 Å². The average molecular weight is 452 g/mol. The summed E-state index contributed by atoms with van der Waals surface area (Å²) in [5.74, 6) is 0.790. The molecule has 32 heavy (non-hydrogen) atoms. The maximum Gasteiger partial charge on any atom is 0.260 e. The van der Waals surface area contributed by atoms with E-state index >= 15 is 0 Å². The van der Waals surface area contributed by atoms with Crippen molar-refractivity contribution in [3.8, 4) is 11.5 Å². The van der Waals surface area contributed by atoms with Gasteiger partial charge in [-0.3, -0.25) is 9.10 Å². The van der Waals surface area contributed by atoms with Crippen LogP contribution in [0.15, 0.2) is 77.9 Å². The Hall–Kier alpha value is -3.65. The standard InChI is InChI=1S/C24H25N3O4S/c1-18-9-7-10-19(2)24(18)27(32(3,29)30)17-23(28)26-25-16-20-11-8-14-22(15-20)31-21-12-5-4-6-13-21/h4-16H,17H2,1-3H3,(H,26,28)/b25-16-. The lowest BCUT2D eigenvalue weighted by atomic mass is 10.1. The Morgan fingerprint density at radius 3 is 2.25 bits per heavy atom. The smallest absolute Gasteiger partial charge is 0.260 e. The topological polar surface area (TPSA) is 88.1 Å². The number of nitrogens with one attached hydrogen (secondary N) is 1. The third-order valence-electron chi connectivity index (χ3n) is 4.62. The third-order valence-corrected chi connectivity index (χ3v) is 5.73. The highest BCUT2D eigenvalue weighted by Gasteiger charge is 2.23. The molecule has 3 aromatic rings. The van der Waals surface area contributed by atoms with Crippen molar-refractivity contribution < 1.29 is 17.9 Å². The lowest BCUT2D eigenvalue weighted by Crippen LogP contribution is -2.39. The van der Waals surface area contributed by atoms with E-state index in [0.29, 0.717) is 22.7 Å². The van der Waals surface area contributed by atoms with E-state index in [1.165, 1.54) is 6.21 Å². The molecule has 1 amide bonds. The number of para-hydroxylation sites is 2. The largest absolute Gasteiger partial charge is 0.457 e. The number of carbonyl (C=O) groups excluding carboxylic acids is 1. The number of rotatable bonds is 8. The van der Waals surface area contributed by atoms with Gasteiger partial charge in [0.05, 0.1) is 18.2 Å². The summed E-state index contributed by atoms with van der Waals surface area (Å²) >= 11 is 0. The van der Waals surface area contributed by atoms with Gasteiger partial charge in [-0.2, -0.15) is 5.10 Å². The lowest BCUT2D eigenvalue weighted by Gasteiger charge is -2.25. The van der Waals surface area contributed by atoms with Gasteiger partial charge in [0.25, 0.3) is 5.91 Å². The van der Waals surface area contributed by atoms with Crippen LogP contribution in [-0.2, 0) is 14.8 Å². The van der Waals surface area contributed by atoms with E-state index in [0.717, 1.165) is 21.7 Å². The summed E-state index contributed by atoms with van der Waals surface area (Å²) < 4.78 is 31.6. The molecule has 0 atom stereocenters. The minimum atomic E-state index is -3.67. The van der Waals surface area contributed by atoms with Gasteiger partial charge in [-0.05, 0) is 54.8 Å². The van der Waals surface area contributed by atoms with Gasteiger partial charge in [0.15, 0.2) is 0 Å². The van der Waals surface area contributed by atoms with Crippen molar-refractivity contribution in [2.45, 2.75) is 13.8 Å². The molecule has 8 heteroatoms. The number of ether oxygens (including phenoxy) is 1. The Balaban J connectivity index is 1.67. The van der Waals surface area contributed by atoms with Crippen LogP contribution in [0.4, 0.5) is 5.69 Å². The van der Waals surface area contributed by atoms with E-state index in [-0.39, 0.29) is 6.54 Å². The minimum Gasteiger partial charge on any atom is -0.457 e. The van der Waals surface area contributed by atoms with Gasteiger partial charge >= 0.3 is 0 Å². The first-order valence-electron chi connectivity index (χ1n) is 9.93. The summed E-state index contributed by atoms with van der Waals surface area (Å²) in [6, 6.07) is 22.1. The summed E-state index contributed by atoms with van der Waals surface area (Å²) in [6.45, 7) is 3.24. The van der Waals surface area contributed by atoms with Gasteiger partial charge in [0.2, 0.25) is 10.0 Å². The van der Waals surface area contributed by atoms with Crippen LogP contribution in [0.5, 0.6) is 11.5 Å². The highest BCUT2D eigenvalue weighted by molar-refractivity contribution is 7.92.